The Hall–Kier alpha value is -2.63. The van der Waals surface area contributed by atoms with Crippen molar-refractivity contribution in [3.63, 3.8) is 0 Å². The molecule has 0 radical (unpaired) electrons. The van der Waals surface area contributed by atoms with Crippen LogP contribution < -0.4 is 0 Å². The standard InChI is InChI=1S/C15H12N4O/c16-6-12(7-17)15(8-18,9-19)5-14(20)13-4-10-1-2-11(13)3-10/h1-2,10-13H,3-5H2/t10-,11-,13+/m1/s1. The predicted molar refractivity (Wildman–Crippen MR) is 66.8 cm³/mol. The van der Waals surface area contributed by atoms with E-state index in [1.165, 1.54) is 0 Å². The quantitative estimate of drug-likeness (QED) is 0.719. The summed E-state index contributed by atoms with van der Waals surface area (Å²) >= 11 is 0. The molecule has 0 N–H and O–H groups in total. The van der Waals surface area contributed by atoms with E-state index in [0.29, 0.717) is 5.92 Å². The second kappa shape index (κ2) is 5.16. The maximum Gasteiger partial charge on any atom is 0.179 e. The zero-order valence-electron chi connectivity index (χ0n) is 10.8. The van der Waals surface area contributed by atoms with Gasteiger partial charge in [-0.25, -0.2) is 0 Å². The highest BCUT2D eigenvalue weighted by molar-refractivity contribution is 5.84. The van der Waals surface area contributed by atoms with Crippen LogP contribution in [0.4, 0.5) is 0 Å². The molecule has 0 unspecified atom stereocenters. The number of ketones is 1. The van der Waals surface area contributed by atoms with Crippen molar-refractivity contribution < 1.29 is 4.79 Å². The summed E-state index contributed by atoms with van der Waals surface area (Å²) in [5.74, 6) is -1.17. The average molecular weight is 264 g/mol. The highest BCUT2D eigenvalue weighted by Crippen LogP contribution is 2.45. The van der Waals surface area contributed by atoms with Crippen molar-refractivity contribution in [2.24, 2.45) is 29.1 Å². The minimum Gasteiger partial charge on any atom is -0.299 e. The molecule has 0 heterocycles. The molecular weight excluding hydrogens is 252 g/mol. The summed E-state index contributed by atoms with van der Waals surface area (Å²) in [6, 6.07) is 6.75. The third-order valence-corrected chi connectivity index (χ3v) is 4.30. The number of nitriles is 4. The van der Waals surface area contributed by atoms with E-state index < -0.39 is 11.3 Å². The molecule has 0 aromatic heterocycles. The zero-order chi connectivity index (χ0) is 14.8. The minimum absolute atomic E-state index is 0.177. The van der Waals surface area contributed by atoms with Crippen molar-refractivity contribution in [2.45, 2.75) is 19.3 Å². The Morgan fingerprint density at radius 1 is 1.15 bits per heavy atom. The Kier molecular flexibility index (Phi) is 3.56. The van der Waals surface area contributed by atoms with Crippen LogP contribution in [0.25, 0.3) is 0 Å². The monoisotopic (exact) mass is 264 g/mol. The Labute approximate surface area is 117 Å². The summed E-state index contributed by atoms with van der Waals surface area (Å²) < 4.78 is 0. The summed E-state index contributed by atoms with van der Waals surface area (Å²) in [6.07, 6.45) is 5.47. The van der Waals surface area contributed by atoms with Gasteiger partial charge in [-0.05, 0) is 24.7 Å². The first-order valence-corrected chi connectivity index (χ1v) is 6.43. The number of fused-ring (bicyclic) bond motifs is 2. The van der Waals surface area contributed by atoms with Gasteiger partial charge < -0.3 is 0 Å². The third kappa shape index (κ3) is 2.05. The van der Waals surface area contributed by atoms with Crippen LogP contribution in [0.5, 0.6) is 0 Å². The van der Waals surface area contributed by atoms with Crippen LogP contribution in [0.2, 0.25) is 0 Å². The Bertz CT molecular complexity index is 594. The molecule has 1 saturated carbocycles. The van der Waals surface area contributed by atoms with Crippen LogP contribution in [0.3, 0.4) is 0 Å². The zero-order valence-corrected chi connectivity index (χ0v) is 10.8. The fraction of sp³-hybridized carbons (Fsp3) is 0.533. The predicted octanol–water partition coefficient (Wildman–Crippen LogP) is 1.85. The van der Waals surface area contributed by atoms with Gasteiger partial charge in [-0.1, -0.05) is 12.2 Å². The molecule has 1 fully saturated rings. The molecule has 98 valence electrons. The molecular formula is C15H12N4O. The van der Waals surface area contributed by atoms with Crippen molar-refractivity contribution in [3.8, 4) is 24.3 Å². The third-order valence-electron chi connectivity index (χ3n) is 4.30. The van der Waals surface area contributed by atoms with Gasteiger partial charge >= 0.3 is 0 Å². The largest absolute Gasteiger partial charge is 0.299 e. The lowest BCUT2D eigenvalue weighted by molar-refractivity contribution is -0.124. The number of hydrogen-bond donors (Lipinski definition) is 0. The second-order valence-electron chi connectivity index (χ2n) is 5.42. The lowest BCUT2D eigenvalue weighted by Crippen LogP contribution is -2.32. The maximum absolute atomic E-state index is 12.3. The first kappa shape index (κ1) is 13.8. The molecule has 0 aliphatic heterocycles. The van der Waals surface area contributed by atoms with Gasteiger partial charge in [0.05, 0.1) is 24.3 Å². The number of hydrogen-bond acceptors (Lipinski definition) is 5. The van der Waals surface area contributed by atoms with Gasteiger partial charge in [0.25, 0.3) is 0 Å². The van der Waals surface area contributed by atoms with Crippen LogP contribution >= 0.6 is 0 Å². The smallest absolute Gasteiger partial charge is 0.179 e. The number of Topliss-reactive ketones (excluding diaryl/α,β-unsaturated/α-hetero) is 1. The van der Waals surface area contributed by atoms with Gasteiger partial charge in [0.2, 0.25) is 0 Å². The molecule has 0 aromatic rings. The molecule has 0 spiro atoms. The van der Waals surface area contributed by atoms with E-state index in [-0.39, 0.29) is 24.0 Å². The van der Waals surface area contributed by atoms with E-state index in [9.17, 15) is 15.3 Å². The molecule has 20 heavy (non-hydrogen) atoms. The topological polar surface area (TPSA) is 112 Å². The summed E-state index contributed by atoms with van der Waals surface area (Å²) in [7, 11) is 0. The molecule has 0 aromatic carbocycles. The summed E-state index contributed by atoms with van der Waals surface area (Å²) in [4.78, 5) is 12.3. The van der Waals surface area contributed by atoms with E-state index in [1.54, 1.807) is 24.3 Å². The molecule has 2 aliphatic carbocycles. The summed E-state index contributed by atoms with van der Waals surface area (Å²) in [5.41, 5.74) is -1.86. The van der Waals surface area contributed by atoms with Crippen LogP contribution in [0, 0.1) is 74.4 Å². The second-order valence-corrected chi connectivity index (χ2v) is 5.42. The number of allylic oxidation sites excluding steroid dienone is 2. The summed E-state index contributed by atoms with van der Waals surface area (Å²) in [5, 5.41) is 36.2. The Morgan fingerprint density at radius 2 is 1.80 bits per heavy atom. The molecule has 0 amide bonds. The van der Waals surface area contributed by atoms with Crippen LogP contribution in [-0.2, 0) is 4.79 Å². The lowest BCUT2D eigenvalue weighted by atomic mass is 9.72. The highest BCUT2D eigenvalue weighted by atomic mass is 16.1. The minimum atomic E-state index is -1.86. The van der Waals surface area contributed by atoms with E-state index in [2.05, 4.69) is 6.08 Å². The van der Waals surface area contributed by atoms with Gasteiger partial charge in [0, 0.05) is 12.3 Å². The van der Waals surface area contributed by atoms with E-state index in [1.807, 2.05) is 6.08 Å². The van der Waals surface area contributed by atoms with Gasteiger partial charge in [-0.15, -0.1) is 0 Å². The van der Waals surface area contributed by atoms with E-state index in [0.717, 1.165) is 12.8 Å². The first-order chi connectivity index (χ1) is 9.60. The van der Waals surface area contributed by atoms with Gasteiger partial charge in [0.15, 0.2) is 11.3 Å². The Morgan fingerprint density at radius 3 is 2.20 bits per heavy atom. The average Bonchev–Trinajstić information content (AvgIpc) is 3.09. The van der Waals surface area contributed by atoms with Crippen LogP contribution in [0.1, 0.15) is 19.3 Å². The van der Waals surface area contributed by atoms with E-state index in [4.69, 9.17) is 10.5 Å². The molecule has 5 nitrogen and oxygen atoms in total. The van der Waals surface area contributed by atoms with Crippen molar-refractivity contribution in [1.29, 1.82) is 21.0 Å². The molecule has 2 rings (SSSR count). The lowest BCUT2D eigenvalue weighted by Gasteiger charge is -2.22. The van der Waals surface area contributed by atoms with Gasteiger partial charge in [0.1, 0.15) is 5.78 Å². The number of rotatable bonds is 4. The van der Waals surface area contributed by atoms with Gasteiger partial charge in [-0.3, -0.25) is 4.79 Å². The summed E-state index contributed by atoms with van der Waals surface area (Å²) in [6.45, 7) is 0. The highest BCUT2D eigenvalue weighted by Gasteiger charge is 2.47. The van der Waals surface area contributed by atoms with Crippen LogP contribution in [0.15, 0.2) is 12.2 Å². The number of nitrogens with zero attached hydrogens (tertiary/aromatic N) is 4. The van der Waals surface area contributed by atoms with Crippen molar-refractivity contribution in [2.75, 3.05) is 0 Å². The van der Waals surface area contributed by atoms with Gasteiger partial charge in [-0.2, -0.15) is 21.0 Å². The first-order valence-electron chi connectivity index (χ1n) is 6.43. The molecule has 2 bridgehead atoms. The fourth-order valence-corrected chi connectivity index (χ4v) is 3.14. The number of carbonyl (C=O) groups excluding carboxylic acids is 1. The maximum atomic E-state index is 12.3. The molecule has 3 atom stereocenters. The molecule has 2 aliphatic rings. The van der Waals surface area contributed by atoms with Crippen molar-refractivity contribution in [3.05, 3.63) is 12.2 Å². The van der Waals surface area contributed by atoms with Crippen molar-refractivity contribution >= 4 is 5.78 Å². The normalized spacial score (nSPS) is 26.6. The van der Waals surface area contributed by atoms with Crippen molar-refractivity contribution in [1.82, 2.24) is 0 Å². The van der Waals surface area contributed by atoms with E-state index >= 15 is 0 Å². The van der Waals surface area contributed by atoms with Crippen LogP contribution in [-0.4, -0.2) is 5.78 Å². The number of carbonyl (C=O) groups is 1. The Balaban J connectivity index is 2.19. The molecule has 0 saturated heterocycles. The SMILES string of the molecule is N#CC(C#N)C(C#N)(C#N)CC(=O)[C@H]1C[C@@H]2C=C[C@@H]1C2. The molecule has 5 heteroatoms. The fourth-order valence-electron chi connectivity index (χ4n) is 3.14.